The molecular weight excluding hydrogens is 252 g/mol. The first-order valence-corrected chi connectivity index (χ1v) is 7.38. The summed E-state index contributed by atoms with van der Waals surface area (Å²) in [4.78, 5) is 4.84. The van der Waals surface area contributed by atoms with Crippen LogP contribution in [0, 0.1) is 0 Å². The number of hydrogen-bond donors (Lipinski definition) is 1. The van der Waals surface area contributed by atoms with Crippen LogP contribution >= 0.6 is 0 Å². The van der Waals surface area contributed by atoms with E-state index in [0.717, 1.165) is 43.2 Å². The molecule has 0 aliphatic carbocycles. The van der Waals surface area contributed by atoms with Gasteiger partial charge < -0.3 is 14.7 Å². The lowest BCUT2D eigenvalue weighted by molar-refractivity contribution is 0.192. The standard InChI is InChI=1S/C16H26N2O2/c1-12(2)17-8-10-18(11-9-17)14-6-5-7-15(20-4)16(14)13(3)19/h5-7,12-13,19H,8-11H2,1-4H3. The molecule has 1 heterocycles. The molecule has 0 bridgehead atoms. The summed E-state index contributed by atoms with van der Waals surface area (Å²) in [6.45, 7) is 10.4. The fourth-order valence-corrected chi connectivity index (χ4v) is 2.89. The zero-order valence-electron chi connectivity index (χ0n) is 13.0. The summed E-state index contributed by atoms with van der Waals surface area (Å²) >= 11 is 0. The van der Waals surface area contributed by atoms with Crippen molar-refractivity contribution >= 4 is 5.69 Å². The molecule has 1 aliphatic heterocycles. The SMILES string of the molecule is COc1cccc(N2CCN(C(C)C)CC2)c1C(C)O. The molecule has 0 amide bonds. The minimum Gasteiger partial charge on any atom is -0.496 e. The summed E-state index contributed by atoms with van der Waals surface area (Å²) in [5.41, 5.74) is 2.00. The highest BCUT2D eigenvalue weighted by Crippen LogP contribution is 2.35. The molecule has 112 valence electrons. The van der Waals surface area contributed by atoms with E-state index in [1.807, 2.05) is 12.1 Å². The maximum atomic E-state index is 10.1. The maximum absolute atomic E-state index is 10.1. The number of rotatable bonds is 4. The molecule has 1 saturated heterocycles. The van der Waals surface area contributed by atoms with E-state index in [9.17, 15) is 5.11 Å². The highest BCUT2D eigenvalue weighted by molar-refractivity contribution is 5.60. The molecule has 0 saturated carbocycles. The fourth-order valence-electron chi connectivity index (χ4n) is 2.89. The molecule has 1 fully saturated rings. The van der Waals surface area contributed by atoms with E-state index in [4.69, 9.17) is 4.74 Å². The van der Waals surface area contributed by atoms with Gasteiger partial charge in [-0.2, -0.15) is 0 Å². The summed E-state index contributed by atoms with van der Waals surface area (Å²) in [7, 11) is 1.65. The largest absolute Gasteiger partial charge is 0.496 e. The van der Waals surface area contributed by atoms with Gasteiger partial charge in [-0.1, -0.05) is 6.07 Å². The van der Waals surface area contributed by atoms with E-state index in [0.29, 0.717) is 6.04 Å². The molecular formula is C16H26N2O2. The van der Waals surface area contributed by atoms with Crippen LogP contribution in [0.4, 0.5) is 5.69 Å². The van der Waals surface area contributed by atoms with Crippen molar-refractivity contribution in [3.05, 3.63) is 23.8 Å². The maximum Gasteiger partial charge on any atom is 0.126 e. The van der Waals surface area contributed by atoms with Gasteiger partial charge in [-0.15, -0.1) is 0 Å². The van der Waals surface area contributed by atoms with Gasteiger partial charge >= 0.3 is 0 Å². The molecule has 1 unspecified atom stereocenters. The molecule has 4 heteroatoms. The van der Waals surface area contributed by atoms with Crippen molar-refractivity contribution < 1.29 is 9.84 Å². The van der Waals surface area contributed by atoms with Gasteiger partial charge in [-0.3, -0.25) is 4.90 Å². The minimum absolute atomic E-state index is 0.524. The molecule has 4 nitrogen and oxygen atoms in total. The zero-order chi connectivity index (χ0) is 14.7. The van der Waals surface area contributed by atoms with Crippen molar-refractivity contribution in [2.24, 2.45) is 0 Å². The summed E-state index contributed by atoms with van der Waals surface area (Å²) in [5, 5.41) is 10.1. The average Bonchev–Trinajstić information content (AvgIpc) is 2.46. The van der Waals surface area contributed by atoms with E-state index in [1.165, 1.54) is 0 Å². The Hall–Kier alpha value is -1.26. The molecule has 1 atom stereocenters. The van der Waals surface area contributed by atoms with Crippen LogP contribution in [0.15, 0.2) is 18.2 Å². The topological polar surface area (TPSA) is 35.9 Å². The number of piperazine rings is 1. The van der Waals surface area contributed by atoms with Crippen molar-refractivity contribution in [1.29, 1.82) is 0 Å². The number of benzene rings is 1. The number of nitrogens with zero attached hydrogens (tertiary/aromatic N) is 2. The van der Waals surface area contributed by atoms with Gasteiger partial charge in [0.25, 0.3) is 0 Å². The van der Waals surface area contributed by atoms with Gasteiger partial charge in [0.1, 0.15) is 5.75 Å². The molecule has 0 radical (unpaired) electrons. The lowest BCUT2D eigenvalue weighted by atomic mass is 10.0. The third kappa shape index (κ3) is 3.07. The Balaban J connectivity index is 2.21. The number of aliphatic hydroxyl groups excluding tert-OH is 1. The summed E-state index contributed by atoms with van der Waals surface area (Å²) in [6, 6.07) is 6.58. The van der Waals surface area contributed by atoms with Gasteiger partial charge in [-0.25, -0.2) is 0 Å². The molecule has 0 spiro atoms. The van der Waals surface area contributed by atoms with Gasteiger partial charge in [-0.05, 0) is 32.9 Å². The quantitative estimate of drug-likeness (QED) is 0.916. The summed E-state index contributed by atoms with van der Waals surface area (Å²) in [5.74, 6) is 0.767. The number of ether oxygens (including phenoxy) is 1. The number of hydrogen-bond acceptors (Lipinski definition) is 4. The third-order valence-corrected chi connectivity index (χ3v) is 4.07. The lowest BCUT2D eigenvalue weighted by Crippen LogP contribution is -2.49. The van der Waals surface area contributed by atoms with Crippen LogP contribution in [0.1, 0.15) is 32.4 Å². The van der Waals surface area contributed by atoms with Crippen LogP contribution < -0.4 is 9.64 Å². The van der Waals surface area contributed by atoms with Crippen LogP contribution in [-0.2, 0) is 0 Å². The lowest BCUT2D eigenvalue weighted by Gasteiger charge is -2.39. The second-order valence-electron chi connectivity index (χ2n) is 5.69. The predicted octanol–water partition coefficient (Wildman–Crippen LogP) is 2.28. The van der Waals surface area contributed by atoms with E-state index in [2.05, 4.69) is 29.7 Å². The van der Waals surface area contributed by atoms with Crippen LogP contribution in [0.3, 0.4) is 0 Å². The Labute approximate surface area is 122 Å². The van der Waals surface area contributed by atoms with E-state index < -0.39 is 6.10 Å². The molecule has 1 aromatic carbocycles. The molecule has 1 N–H and O–H groups in total. The first kappa shape index (κ1) is 15.1. The summed E-state index contributed by atoms with van der Waals surface area (Å²) in [6.07, 6.45) is -0.524. The molecule has 2 rings (SSSR count). The van der Waals surface area contributed by atoms with Crippen molar-refractivity contribution in [2.75, 3.05) is 38.2 Å². The Bertz CT molecular complexity index is 438. The number of methoxy groups -OCH3 is 1. The highest BCUT2D eigenvalue weighted by atomic mass is 16.5. The minimum atomic E-state index is -0.524. The van der Waals surface area contributed by atoms with Crippen LogP contribution in [0.5, 0.6) is 5.75 Å². The van der Waals surface area contributed by atoms with Gasteiger partial charge in [0.2, 0.25) is 0 Å². The summed E-state index contributed by atoms with van der Waals surface area (Å²) < 4.78 is 5.40. The van der Waals surface area contributed by atoms with E-state index in [1.54, 1.807) is 14.0 Å². The van der Waals surface area contributed by atoms with Crippen molar-refractivity contribution in [3.63, 3.8) is 0 Å². The average molecular weight is 278 g/mol. The van der Waals surface area contributed by atoms with Crippen molar-refractivity contribution in [1.82, 2.24) is 4.90 Å². The first-order valence-electron chi connectivity index (χ1n) is 7.38. The highest BCUT2D eigenvalue weighted by Gasteiger charge is 2.23. The van der Waals surface area contributed by atoms with E-state index in [-0.39, 0.29) is 0 Å². The molecule has 0 aromatic heterocycles. The number of aliphatic hydroxyl groups is 1. The fraction of sp³-hybridized carbons (Fsp3) is 0.625. The second-order valence-corrected chi connectivity index (χ2v) is 5.69. The Morgan fingerprint density at radius 1 is 1.10 bits per heavy atom. The van der Waals surface area contributed by atoms with Gasteiger partial charge in [0.15, 0.2) is 0 Å². The molecule has 1 aliphatic rings. The van der Waals surface area contributed by atoms with Crippen molar-refractivity contribution in [2.45, 2.75) is 32.9 Å². The molecule has 20 heavy (non-hydrogen) atoms. The second kappa shape index (κ2) is 6.46. The van der Waals surface area contributed by atoms with Crippen LogP contribution in [0.25, 0.3) is 0 Å². The smallest absolute Gasteiger partial charge is 0.126 e. The molecule has 1 aromatic rings. The van der Waals surface area contributed by atoms with Crippen LogP contribution in [0.2, 0.25) is 0 Å². The van der Waals surface area contributed by atoms with Crippen LogP contribution in [-0.4, -0.2) is 49.3 Å². The van der Waals surface area contributed by atoms with Gasteiger partial charge in [0.05, 0.1) is 13.2 Å². The van der Waals surface area contributed by atoms with Gasteiger partial charge in [0, 0.05) is 43.5 Å². The number of anilines is 1. The Kier molecular flexibility index (Phi) is 4.89. The van der Waals surface area contributed by atoms with E-state index >= 15 is 0 Å². The van der Waals surface area contributed by atoms with Crippen molar-refractivity contribution in [3.8, 4) is 5.75 Å². The third-order valence-electron chi connectivity index (χ3n) is 4.07. The predicted molar refractivity (Wildman–Crippen MR) is 82.5 cm³/mol. The zero-order valence-corrected chi connectivity index (χ0v) is 13.0. The Morgan fingerprint density at radius 3 is 2.25 bits per heavy atom. The normalized spacial score (nSPS) is 18.4. The first-order chi connectivity index (χ1) is 9.54. The Morgan fingerprint density at radius 2 is 1.75 bits per heavy atom. The monoisotopic (exact) mass is 278 g/mol.